The molecule has 1 amide bonds. The molecule has 2 aromatic rings. The Morgan fingerprint density at radius 1 is 1.03 bits per heavy atom. The van der Waals surface area contributed by atoms with Gasteiger partial charge in [0, 0.05) is 17.8 Å². The smallest absolute Gasteiger partial charge is 0.345 e. The summed E-state index contributed by atoms with van der Waals surface area (Å²) in [6, 6.07) is 11.7. The molecule has 0 N–H and O–H groups in total. The van der Waals surface area contributed by atoms with Gasteiger partial charge in [-0.1, -0.05) is 37.5 Å². The molecule has 0 aromatic heterocycles. The number of para-hydroxylation sites is 1. The van der Waals surface area contributed by atoms with Gasteiger partial charge in [0.05, 0.1) is 11.0 Å². The number of hydrogen-bond acceptors (Lipinski definition) is 7. The van der Waals surface area contributed by atoms with E-state index in [-0.39, 0.29) is 42.2 Å². The van der Waals surface area contributed by atoms with Crippen molar-refractivity contribution in [1.82, 2.24) is 0 Å². The predicted molar refractivity (Wildman–Crippen MR) is 115 cm³/mol. The molecule has 9 heteroatoms. The van der Waals surface area contributed by atoms with Gasteiger partial charge in [-0.15, -0.1) is 0 Å². The van der Waals surface area contributed by atoms with Crippen molar-refractivity contribution in [2.24, 2.45) is 0 Å². The zero-order valence-electron chi connectivity index (χ0n) is 17.5. The molecule has 9 nitrogen and oxygen atoms in total. The number of anilines is 1. The Hall–Kier alpha value is -3.62. The van der Waals surface area contributed by atoms with Gasteiger partial charge >= 0.3 is 5.97 Å². The van der Waals surface area contributed by atoms with Crippen molar-refractivity contribution in [3.8, 4) is 11.5 Å². The van der Waals surface area contributed by atoms with Crippen molar-refractivity contribution < 1.29 is 28.7 Å². The van der Waals surface area contributed by atoms with Gasteiger partial charge in [0.25, 0.3) is 11.6 Å². The first-order chi connectivity index (χ1) is 15.5. The van der Waals surface area contributed by atoms with Crippen molar-refractivity contribution in [3.63, 3.8) is 0 Å². The van der Waals surface area contributed by atoms with E-state index in [0.29, 0.717) is 0 Å². The summed E-state index contributed by atoms with van der Waals surface area (Å²) in [5.41, 5.74) is 0.000585. The maximum absolute atomic E-state index is 13.1. The zero-order chi connectivity index (χ0) is 22.5. The molecule has 0 radical (unpaired) electrons. The lowest BCUT2D eigenvalue weighted by Crippen LogP contribution is -2.43. The molecule has 1 saturated carbocycles. The van der Waals surface area contributed by atoms with Crippen LogP contribution in [0.1, 0.15) is 42.5 Å². The van der Waals surface area contributed by atoms with Crippen molar-refractivity contribution >= 4 is 23.3 Å². The molecule has 32 heavy (non-hydrogen) atoms. The van der Waals surface area contributed by atoms with Crippen molar-refractivity contribution in [1.29, 1.82) is 0 Å². The quantitative estimate of drug-likeness (QED) is 0.381. The Labute approximate surface area is 185 Å². The monoisotopic (exact) mass is 440 g/mol. The minimum absolute atomic E-state index is 0.0287. The first-order valence-corrected chi connectivity index (χ1v) is 10.7. The lowest BCUT2D eigenvalue weighted by Gasteiger charge is -2.34. The topological polar surface area (TPSA) is 108 Å². The summed E-state index contributed by atoms with van der Waals surface area (Å²) in [5.74, 6) is -0.897. The summed E-state index contributed by atoms with van der Waals surface area (Å²) in [5, 5.41) is 11.5. The van der Waals surface area contributed by atoms with Gasteiger partial charge in [0.2, 0.25) is 0 Å². The molecule has 1 heterocycles. The Balaban J connectivity index is 1.52. The molecular weight excluding hydrogens is 416 g/mol. The van der Waals surface area contributed by atoms with Gasteiger partial charge in [-0.2, -0.15) is 0 Å². The van der Waals surface area contributed by atoms with Crippen LogP contribution in [0, 0.1) is 10.1 Å². The van der Waals surface area contributed by atoms with Gasteiger partial charge in [0.1, 0.15) is 18.8 Å². The second-order valence-electron chi connectivity index (χ2n) is 7.74. The molecule has 0 spiro atoms. The molecule has 168 valence electrons. The number of fused-ring (bicyclic) bond motifs is 1. The second-order valence-corrected chi connectivity index (χ2v) is 7.74. The summed E-state index contributed by atoms with van der Waals surface area (Å²) in [7, 11) is 0. The van der Waals surface area contributed by atoms with E-state index in [0.717, 1.165) is 43.9 Å². The van der Waals surface area contributed by atoms with Crippen molar-refractivity contribution in [3.05, 3.63) is 58.1 Å². The van der Waals surface area contributed by atoms with Crippen LogP contribution in [0.15, 0.2) is 42.5 Å². The highest BCUT2D eigenvalue weighted by atomic mass is 16.6. The molecule has 1 aliphatic carbocycles. The van der Waals surface area contributed by atoms with Crippen LogP contribution >= 0.6 is 0 Å². The van der Waals surface area contributed by atoms with Gasteiger partial charge in [-0.25, -0.2) is 4.79 Å². The largest absolute Gasteiger partial charge is 0.486 e. The van der Waals surface area contributed by atoms with Crippen LogP contribution in [0.3, 0.4) is 0 Å². The summed E-state index contributed by atoms with van der Waals surface area (Å²) >= 11 is 0. The number of nitrogens with zero attached hydrogens (tertiary/aromatic N) is 2. The molecule has 2 aromatic carbocycles. The number of esters is 1. The minimum Gasteiger partial charge on any atom is -0.486 e. The van der Waals surface area contributed by atoms with Crippen molar-refractivity contribution in [2.45, 2.75) is 38.1 Å². The highest BCUT2D eigenvalue weighted by Crippen LogP contribution is 2.37. The van der Waals surface area contributed by atoms with Crippen LogP contribution in [0.5, 0.6) is 11.5 Å². The molecule has 0 unspecified atom stereocenters. The van der Waals surface area contributed by atoms with Crippen LogP contribution in [-0.4, -0.2) is 42.7 Å². The van der Waals surface area contributed by atoms with E-state index in [1.165, 1.54) is 6.07 Å². The first-order valence-electron chi connectivity index (χ1n) is 10.7. The number of ether oxygens (including phenoxy) is 3. The highest BCUT2D eigenvalue weighted by molar-refractivity contribution is 5.99. The van der Waals surface area contributed by atoms with Crippen LogP contribution < -0.4 is 14.4 Å². The van der Waals surface area contributed by atoms with E-state index in [4.69, 9.17) is 14.2 Å². The van der Waals surface area contributed by atoms with E-state index in [1.807, 2.05) is 30.3 Å². The third-order valence-electron chi connectivity index (χ3n) is 5.65. The third kappa shape index (κ3) is 4.66. The molecule has 0 atom stereocenters. The Kier molecular flexibility index (Phi) is 6.53. The summed E-state index contributed by atoms with van der Waals surface area (Å²) < 4.78 is 16.0. The average molecular weight is 440 g/mol. The first kappa shape index (κ1) is 21.6. The molecule has 0 saturated heterocycles. The number of nitro benzene ring substituents is 1. The van der Waals surface area contributed by atoms with Gasteiger partial charge in [-0.3, -0.25) is 14.9 Å². The number of amides is 1. The number of carbonyl (C=O) groups is 2. The Bertz CT molecular complexity index is 1000. The fraction of sp³-hybridized carbons (Fsp3) is 0.391. The number of rotatable bonds is 6. The number of carbonyl (C=O) groups excluding carboxylic acids is 2. The van der Waals surface area contributed by atoms with Crippen LogP contribution in [0.2, 0.25) is 0 Å². The highest BCUT2D eigenvalue weighted by Gasteiger charge is 2.30. The molecule has 4 rings (SSSR count). The Morgan fingerprint density at radius 2 is 1.69 bits per heavy atom. The lowest BCUT2D eigenvalue weighted by atomic mass is 9.93. The summed E-state index contributed by atoms with van der Waals surface area (Å²) in [6.45, 7) is 0.0139. The lowest BCUT2D eigenvalue weighted by molar-refractivity contribution is -0.385. The maximum Gasteiger partial charge on any atom is 0.345 e. The predicted octanol–water partition coefficient (Wildman–Crippen LogP) is 3.89. The van der Waals surface area contributed by atoms with Crippen LogP contribution in [0.25, 0.3) is 0 Å². The Morgan fingerprint density at radius 3 is 2.34 bits per heavy atom. The third-order valence-corrected chi connectivity index (χ3v) is 5.65. The maximum atomic E-state index is 13.1. The second kappa shape index (κ2) is 9.67. The molecule has 0 bridgehead atoms. The molecular formula is C23H24N2O7. The fourth-order valence-corrected chi connectivity index (χ4v) is 4.15. The minimum atomic E-state index is -0.960. The van der Waals surface area contributed by atoms with Crippen molar-refractivity contribution in [2.75, 3.05) is 24.7 Å². The zero-order valence-corrected chi connectivity index (χ0v) is 17.5. The molecule has 1 aliphatic heterocycles. The molecule has 2 aliphatic rings. The van der Waals surface area contributed by atoms with E-state index < -0.39 is 23.2 Å². The number of nitro groups is 1. The normalized spacial score (nSPS) is 15.6. The number of hydrogen-bond donors (Lipinski definition) is 0. The summed E-state index contributed by atoms with van der Waals surface area (Å²) in [6.07, 6.45) is 4.95. The summed E-state index contributed by atoms with van der Waals surface area (Å²) in [4.78, 5) is 38.3. The van der Waals surface area contributed by atoms with Gasteiger partial charge in [0.15, 0.2) is 18.1 Å². The van der Waals surface area contributed by atoms with E-state index in [1.54, 1.807) is 4.90 Å². The van der Waals surface area contributed by atoms with Gasteiger partial charge < -0.3 is 19.1 Å². The fourth-order valence-electron chi connectivity index (χ4n) is 4.15. The average Bonchev–Trinajstić information content (AvgIpc) is 2.83. The van der Waals surface area contributed by atoms with Crippen LogP contribution in [0.4, 0.5) is 11.4 Å². The molecule has 1 fully saturated rings. The van der Waals surface area contributed by atoms with Crippen LogP contribution in [-0.2, 0) is 9.53 Å². The van der Waals surface area contributed by atoms with E-state index >= 15 is 0 Å². The SMILES string of the molecule is O=C(OCC(=O)N(c1ccccc1)C1CCCCC1)c1cc2c(cc1[N+](=O)[O-])OCCO2. The van der Waals surface area contributed by atoms with E-state index in [2.05, 4.69) is 0 Å². The standard InChI is InChI=1S/C23H24N2O7/c26-22(24(16-7-3-1-4-8-16)17-9-5-2-6-10-17)15-32-23(27)18-13-20-21(31-12-11-30-20)14-19(18)25(28)29/h1,3-4,7-8,13-14,17H,2,5-6,9-12,15H2. The van der Waals surface area contributed by atoms with E-state index in [9.17, 15) is 19.7 Å². The number of benzene rings is 2. The van der Waals surface area contributed by atoms with Gasteiger partial charge in [-0.05, 0) is 25.0 Å².